The van der Waals surface area contributed by atoms with Gasteiger partial charge in [0, 0.05) is 12.5 Å². The highest BCUT2D eigenvalue weighted by atomic mass is 16.2. The highest BCUT2D eigenvalue weighted by molar-refractivity contribution is 6.22. The first-order valence-electron chi connectivity index (χ1n) is 10.4. The van der Waals surface area contributed by atoms with Gasteiger partial charge in [-0.3, -0.25) is 19.3 Å². The molecule has 1 heterocycles. The third-order valence-electron chi connectivity index (χ3n) is 5.73. The van der Waals surface area contributed by atoms with Crippen LogP contribution in [0, 0.1) is 0 Å². The van der Waals surface area contributed by atoms with E-state index >= 15 is 0 Å². The smallest absolute Gasteiger partial charge is 0.262 e. The molecule has 3 amide bonds. The molecule has 0 aromatic heterocycles. The van der Waals surface area contributed by atoms with E-state index in [0.29, 0.717) is 24.1 Å². The van der Waals surface area contributed by atoms with Gasteiger partial charge in [0.2, 0.25) is 5.91 Å². The van der Waals surface area contributed by atoms with Gasteiger partial charge in [-0.2, -0.15) is 0 Å². The van der Waals surface area contributed by atoms with Crippen LogP contribution in [-0.2, 0) is 4.79 Å². The van der Waals surface area contributed by atoms with Crippen LogP contribution in [0.4, 0.5) is 0 Å². The van der Waals surface area contributed by atoms with Crippen molar-refractivity contribution in [3.05, 3.63) is 107 Å². The standard InChI is InChI=1S/C26H24N2O3/c1-18(28-25(30)22-14-8-9-15-23(22)26(28)31)24(29)27-17-16-21(19-10-4-2-5-11-19)20-12-6-3-7-13-20/h2-15,18,21H,16-17H2,1H3,(H,27,29). The monoisotopic (exact) mass is 412 g/mol. The molecule has 1 unspecified atom stereocenters. The van der Waals surface area contributed by atoms with Crippen LogP contribution >= 0.6 is 0 Å². The molecular formula is C26H24N2O3. The van der Waals surface area contributed by atoms with E-state index in [1.165, 1.54) is 11.1 Å². The number of carbonyl (C=O) groups excluding carboxylic acids is 3. The van der Waals surface area contributed by atoms with Gasteiger partial charge in [-0.25, -0.2) is 0 Å². The number of fused-ring (bicyclic) bond motifs is 1. The average Bonchev–Trinajstić information content (AvgIpc) is 3.07. The zero-order valence-corrected chi connectivity index (χ0v) is 17.3. The molecule has 1 aliphatic heterocycles. The molecule has 0 bridgehead atoms. The fourth-order valence-corrected chi connectivity index (χ4v) is 4.06. The first kappa shape index (κ1) is 20.5. The van der Waals surface area contributed by atoms with Gasteiger partial charge in [-0.15, -0.1) is 0 Å². The summed E-state index contributed by atoms with van der Waals surface area (Å²) in [5.74, 6) is -1.05. The third kappa shape index (κ3) is 4.12. The lowest BCUT2D eigenvalue weighted by atomic mass is 9.88. The molecule has 0 saturated heterocycles. The van der Waals surface area contributed by atoms with Crippen LogP contribution in [0.3, 0.4) is 0 Å². The van der Waals surface area contributed by atoms with Crippen molar-refractivity contribution >= 4 is 17.7 Å². The van der Waals surface area contributed by atoms with Gasteiger partial charge in [0.1, 0.15) is 6.04 Å². The molecule has 1 atom stereocenters. The Kier molecular flexibility index (Phi) is 5.94. The molecule has 0 radical (unpaired) electrons. The molecule has 3 aromatic rings. The second-order valence-corrected chi connectivity index (χ2v) is 7.66. The highest BCUT2D eigenvalue weighted by Gasteiger charge is 2.40. The Morgan fingerprint density at radius 3 is 1.71 bits per heavy atom. The molecule has 31 heavy (non-hydrogen) atoms. The molecule has 0 fully saturated rings. The Balaban J connectivity index is 1.42. The number of imide groups is 1. The fourth-order valence-electron chi connectivity index (χ4n) is 4.06. The summed E-state index contributed by atoms with van der Waals surface area (Å²) in [4.78, 5) is 39.1. The van der Waals surface area contributed by atoms with Gasteiger partial charge in [0.15, 0.2) is 0 Å². The first-order valence-corrected chi connectivity index (χ1v) is 10.4. The summed E-state index contributed by atoms with van der Waals surface area (Å²) < 4.78 is 0. The Labute approximate surface area is 181 Å². The van der Waals surface area contributed by atoms with Gasteiger partial charge in [0.25, 0.3) is 11.8 Å². The van der Waals surface area contributed by atoms with Gasteiger partial charge < -0.3 is 5.32 Å². The predicted molar refractivity (Wildman–Crippen MR) is 119 cm³/mol. The van der Waals surface area contributed by atoms with Crippen molar-refractivity contribution in [3.63, 3.8) is 0 Å². The lowest BCUT2D eigenvalue weighted by molar-refractivity contribution is -0.124. The molecule has 1 aliphatic rings. The van der Waals surface area contributed by atoms with Gasteiger partial charge in [0.05, 0.1) is 11.1 Å². The Bertz CT molecular complexity index is 1020. The zero-order valence-electron chi connectivity index (χ0n) is 17.3. The van der Waals surface area contributed by atoms with Crippen LogP contribution in [0.5, 0.6) is 0 Å². The number of hydrogen-bond acceptors (Lipinski definition) is 3. The quantitative estimate of drug-likeness (QED) is 0.597. The predicted octanol–water partition coefficient (Wildman–Crippen LogP) is 4.01. The Hall–Kier alpha value is -3.73. The Morgan fingerprint density at radius 2 is 1.23 bits per heavy atom. The summed E-state index contributed by atoms with van der Waals surface area (Å²) in [6.45, 7) is 2.02. The molecule has 0 saturated carbocycles. The van der Waals surface area contributed by atoms with E-state index in [4.69, 9.17) is 0 Å². The second kappa shape index (κ2) is 8.96. The van der Waals surface area contributed by atoms with Crippen molar-refractivity contribution < 1.29 is 14.4 Å². The van der Waals surface area contributed by atoms with Gasteiger partial charge in [-0.1, -0.05) is 72.8 Å². The van der Waals surface area contributed by atoms with E-state index in [1.807, 2.05) is 36.4 Å². The summed E-state index contributed by atoms with van der Waals surface area (Å²) >= 11 is 0. The molecular weight excluding hydrogens is 388 g/mol. The number of nitrogens with zero attached hydrogens (tertiary/aromatic N) is 1. The molecule has 156 valence electrons. The van der Waals surface area contributed by atoms with Crippen molar-refractivity contribution in [1.29, 1.82) is 0 Å². The van der Waals surface area contributed by atoms with Crippen LogP contribution in [0.1, 0.15) is 51.1 Å². The fraction of sp³-hybridized carbons (Fsp3) is 0.192. The SMILES string of the molecule is CC(C(=O)NCCC(c1ccccc1)c1ccccc1)N1C(=O)c2ccccc2C1=O. The highest BCUT2D eigenvalue weighted by Crippen LogP contribution is 2.28. The minimum absolute atomic E-state index is 0.136. The maximum atomic E-state index is 12.8. The summed E-state index contributed by atoms with van der Waals surface area (Å²) in [5.41, 5.74) is 3.05. The minimum atomic E-state index is -0.876. The topological polar surface area (TPSA) is 66.5 Å². The number of carbonyl (C=O) groups is 3. The number of rotatable bonds is 7. The van der Waals surface area contributed by atoms with Crippen molar-refractivity contribution in [1.82, 2.24) is 10.2 Å². The average molecular weight is 412 g/mol. The Morgan fingerprint density at radius 1 is 0.774 bits per heavy atom. The van der Waals surface area contributed by atoms with E-state index < -0.39 is 17.9 Å². The maximum absolute atomic E-state index is 12.8. The first-order chi connectivity index (χ1) is 15.1. The van der Waals surface area contributed by atoms with Crippen LogP contribution in [-0.4, -0.2) is 35.2 Å². The largest absolute Gasteiger partial charge is 0.354 e. The summed E-state index contributed by atoms with van der Waals surface area (Å²) in [7, 11) is 0. The second-order valence-electron chi connectivity index (χ2n) is 7.66. The maximum Gasteiger partial charge on any atom is 0.262 e. The van der Waals surface area contributed by atoms with Crippen LogP contribution in [0.2, 0.25) is 0 Å². The number of benzene rings is 3. The van der Waals surface area contributed by atoms with Crippen LogP contribution in [0.15, 0.2) is 84.9 Å². The third-order valence-corrected chi connectivity index (χ3v) is 5.73. The van der Waals surface area contributed by atoms with Crippen LogP contribution in [0.25, 0.3) is 0 Å². The van der Waals surface area contributed by atoms with E-state index in [1.54, 1.807) is 31.2 Å². The number of nitrogens with one attached hydrogen (secondary N) is 1. The minimum Gasteiger partial charge on any atom is -0.354 e. The lowest BCUT2D eigenvalue weighted by Gasteiger charge is -2.23. The van der Waals surface area contributed by atoms with E-state index in [9.17, 15) is 14.4 Å². The molecule has 5 nitrogen and oxygen atoms in total. The van der Waals surface area contributed by atoms with Gasteiger partial charge in [-0.05, 0) is 36.6 Å². The summed E-state index contributed by atoms with van der Waals surface area (Å²) in [6.07, 6.45) is 0.703. The summed E-state index contributed by atoms with van der Waals surface area (Å²) in [6, 6.07) is 26.1. The van der Waals surface area contributed by atoms with Crippen molar-refractivity contribution in [2.75, 3.05) is 6.54 Å². The van der Waals surface area contributed by atoms with E-state index in [0.717, 1.165) is 4.90 Å². The number of amides is 3. The van der Waals surface area contributed by atoms with Crippen molar-refractivity contribution in [3.8, 4) is 0 Å². The molecule has 5 heteroatoms. The van der Waals surface area contributed by atoms with E-state index in [2.05, 4.69) is 29.6 Å². The number of hydrogen-bond donors (Lipinski definition) is 1. The molecule has 0 aliphatic carbocycles. The van der Waals surface area contributed by atoms with Gasteiger partial charge >= 0.3 is 0 Å². The molecule has 1 N–H and O–H groups in total. The molecule has 3 aromatic carbocycles. The molecule has 0 spiro atoms. The zero-order chi connectivity index (χ0) is 21.8. The van der Waals surface area contributed by atoms with Crippen LogP contribution < -0.4 is 5.32 Å². The lowest BCUT2D eigenvalue weighted by Crippen LogP contribution is -2.48. The van der Waals surface area contributed by atoms with Crippen molar-refractivity contribution in [2.45, 2.75) is 25.3 Å². The molecule has 4 rings (SSSR count). The summed E-state index contributed by atoms with van der Waals surface area (Å²) in [5, 5.41) is 2.91. The van der Waals surface area contributed by atoms with Crippen molar-refractivity contribution in [2.24, 2.45) is 0 Å². The van der Waals surface area contributed by atoms with E-state index in [-0.39, 0.29) is 11.8 Å². The normalized spacial score (nSPS) is 13.9.